The number of thioether (sulfide) groups is 1. The Morgan fingerprint density at radius 1 is 1.08 bits per heavy atom. The Balaban J connectivity index is 1.54. The van der Waals surface area contributed by atoms with E-state index in [9.17, 15) is 13.2 Å². The maximum absolute atomic E-state index is 12.2. The monoisotopic (exact) mass is 386 g/mol. The Labute approximate surface area is 156 Å². The molecule has 2 heterocycles. The molecule has 0 spiro atoms. The van der Waals surface area contributed by atoms with Crippen LogP contribution in [0.4, 0.5) is 0 Å². The van der Waals surface area contributed by atoms with Crippen molar-refractivity contribution in [2.75, 3.05) is 17.3 Å². The zero-order valence-electron chi connectivity index (χ0n) is 14.0. The molecule has 5 nitrogen and oxygen atoms in total. The number of fused-ring (bicyclic) bond motifs is 3. The molecule has 0 aliphatic carbocycles. The molecule has 1 N–H and O–H groups in total. The van der Waals surface area contributed by atoms with E-state index < -0.39 is 9.84 Å². The third-order valence-electron chi connectivity index (χ3n) is 4.51. The number of aromatic nitrogens is 1. The lowest BCUT2D eigenvalue weighted by molar-refractivity contribution is -0.119. The summed E-state index contributed by atoms with van der Waals surface area (Å²) in [5.74, 6) is 0.255. The molecular weight excluding hydrogens is 368 g/mol. The van der Waals surface area contributed by atoms with Crippen LogP contribution in [0, 0.1) is 0 Å². The molecule has 0 radical (unpaired) electrons. The van der Waals surface area contributed by atoms with Gasteiger partial charge < -0.3 is 5.32 Å². The van der Waals surface area contributed by atoms with Gasteiger partial charge in [-0.1, -0.05) is 54.2 Å². The van der Waals surface area contributed by atoms with Crippen molar-refractivity contribution in [2.45, 2.75) is 17.5 Å². The van der Waals surface area contributed by atoms with Gasteiger partial charge >= 0.3 is 0 Å². The molecule has 1 aromatic heterocycles. The number of carbonyl (C=O) groups excluding carboxylic acids is 1. The van der Waals surface area contributed by atoms with E-state index in [2.05, 4.69) is 11.4 Å². The molecule has 1 amide bonds. The lowest BCUT2D eigenvalue weighted by Crippen LogP contribution is -2.36. The van der Waals surface area contributed by atoms with Crippen LogP contribution in [0.25, 0.3) is 21.7 Å². The molecule has 0 saturated carbocycles. The zero-order chi connectivity index (χ0) is 18.1. The van der Waals surface area contributed by atoms with Crippen LogP contribution < -0.4 is 5.32 Å². The molecular formula is C19H18N2O3S2. The van der Waals surface area contributed by atoms with E-state index in [1.165, 1.54) is 11.8 Å². The van der Waals surface area contributed by atoms with Crippen molar-refractivity contribution in [1.29, 1.82) is 0 Å². The summed E-state index contributed by atoms with van der Waals surface area (Å²) in [5.41, 5.74) is 0.899. The van der Waals surface area contributed by atoms with E-state index in [1.54, 1.807) is 0 Å². The first-order chi connectivity index (χ1) is 12.5. The Kier molecular flexibility index (Phi) is 4.58. The molecule has 3 aromatic rings. The summed E-state index contributed by atoms with van der Waals surface area (Å²) < 4.78 is 23.0. The molecule has 0 unspecified atom stereocenters. The number of nitrogens with one attached hydrogen (secondary N) is 1. The zero-order valence-corrected chi connectivity index (χ0v) is 15.6. The predicted octanol–water partition coefficient (Wildman–Crippen LogP) is 2.78. The second-order valence-corrected chi connectivity index (χ2v) is 9.63. The van der Waals surface area contributed by atoms with Crippen LogP contribution in [0.3, 0.4) is 0 Å². The van der Waals surface area contributed by atoms with E-state index in [0.29, 0.717) is 6.42 Å². The Morgan fingerprint density at radius 2 is 1.77 bits per heavy atom. The number of rotatable bonds is 4. The summed E-state index contributed by atoms with van der Waals surface area (Å²) in [5, 5.41) is 6.86. The van der Waals surface area contributed by atoms with E-state index in [1.807, 2.05) is 42.5 Å². The number of sulfone groups is 1. The summed E-state index contributed by atoms with van der Waals surface area (Å²) in [6.07, 6.45) is 0.496. The Hall–Kier alpha value is -2.12. The van der Waals surface area contributed by atoms with Gasteiger partial charge in [-0.25, -0.2) is 13.4 Å². The van der Waals surface area contributed by atoms with E-state index in [0.717, 1.165) is 26.7 Å². The fourth-order valence-electron chi connectivity index (χ4n) is 3.30. The van der Waals surface area contributed by atoms with E-state index in [4.69, 9.17) is 4.98 Å². The molecule has 1 aliphatic heterocycles. The Bertz CT molecular complexity index is 1100. The number of hydrogen-bond acceptors (Lipinski definition) is 5. The second-order valence-electron chi connectivity index (χ2n) is 6.44. The summed E-state index contributed by atoms with van der Waals surface area (Å²) in [6.45, 7) is 0. The summed E-state index contributed by atoms with van der Waals surface area (Å²) in [4.78, 5) is 16.9. The minimum atomic E-state index is -3.00. The van der Waals surface area contributed by atoms with Crippen LogP contribution in [0.1, 0.15) is 6.42 Å². The SMILES string of the molecule is O=C(CSc1nc2ccccc2c2ccccc12)N[C@@H]1CCS(=O)(=O)C1. The maximum Gasteiger partial charge on any atom is 0.230 e. The molecule has 2 aromatic carbocycles. The van der Waals surface area contributed by atoms with Crippen LogP contribution in [0.15, 0.2) is 53.6 Å². The number of nitrogens with zero attached hydrogens (tertiary/aromatic N) is 1. The second kappa shape index (κ2) is 6.89. The van der Waals surface area contributed by atoms with Gasteiger partial charge in [0.15, 0.2) is 9.84 Å². The molecule has 4 rings (SSSR count). The average molecular weight is 386 g/mol. The summed E-state index contributed by atoms with van der Waals surface area (Å²) in [7, 11) is -3.00. The van der Waals surface area contributed by atoms with Gasteiger partial charge in [-0.05, 0) is 17.9 Å². The number of carbonyl (C=O) groups is 1. The highest BCUT2D eigenvalue weighted by Crippen LogP contribution is 2.31. The number of pyridine rings is 1. The van der Waals surface area contributed by atoms with Crippen LogP contribution in [0.5, 0.6) is 0 Å². The highest BCUT2D eigenvalue weighted by Gasteiger charge is 2.28. The smallest absolute Gasteiger partial charge is 0.230 e. The molecule has 1 saturated heterocycles. The normalized spacial score (nSPS) is 19.0. The third kappa shape index (κ3) is 3.54. The fourth-order valence-corrected chi connectivity index (χ4v) is 5.82. The topological polar surface area (TPSA) is 76.1 Å². The van der Waals surface area contributed by atoms with Crippen molar-refractivity contribution in [3.8, 4) is 0 Å². The van der Waals surface area contributed by atoms with Crippen molar-refractivity contribution < 1.29 is 13.2 Å². The maximum atomic E-state index is 12.2. The first kappa shape index (κ1) is 17.3. The minimum absolute atomic E-state index is 0.0422. The number of hydrogen-bond donors (Lipinski definition) is 1. The van der Waals surface area contributed by atoms with Crippen molar-refractivity contribution in [2.24, 2.45) is 0 Å². The molecule has 1 fully saturated rings. The summed E-state index contributed by atoms with van der Waals surface area (Å²) >= 11 is 1.38. The molecule has 134 valence electrons. The van der Waals surface area contributed by atoms with Crippen LogP contribution in [0.2, 0.25) is 0 Å². The highest BCUT2D eigenvalue weighted by molar-refractivity contribution is 8.00. The summed E-state index contributed by atoms with van der Waals surface area (Å²) in [6, 6.07) is 15.7. The number of amides is 1. The lowest BCUT2D eigenvalue weighted by Gasteiger charge is -2.12. The van der Waals surface area contributed by atoms with Crippen molar-refractivity contribution in [1.82, 2.24) is 10.3 Å². The van der Waals surface area contributed by atoms with Crippen LogP contribution in [-0.4, -0.2) is 42.6 Å². The Morgan fingerprint density at radius 3 is 2.50 bits per heavy atom. The van der Waals surface area contributed by atoms with Gasteiger partial charge in [0, 0.05) is 16.8 Å². The lowest BCUT2D eigenvalue weighted by atomic mass is 10.1. The van der Waals surface area contributed by atoms with E-state index >= 15 is 0 Å². The van der Waals surface area contributed by atoms with Gasteiger partial charge in [0.05, 0.1) is 22.8 Å². The molecule has 1 atom stereocenters. The van der Waals surface area contributed by atoms with Gasteiger partial charge in [-0.2, -0.15) is 0 Å². The van der Waals surface area contributed by atoms with Crippen LogP contribution in [-0.2, 0) is 14.6 Å². The fraction of sp³-hybridized carbons (Fsp3) is 0.263. The van der Waals surface area contributed by atoms with Gasteiger partial charge in [-0.3, -0.25) is 4.79 Å². The highest BCUT2D eigenvalue weighted by atomic mass is 32.2. The van der Waals surface area contributed by atoms with Gasteiger partial charge in [-0.15, -0.1) is 0 Å². The molecule has 1 aliphatic rings. The number of para-hydroxylation sites is 1. The first-order valence-electron chi connectivity index (χ1n) is 8.42. The van der Waals surface area contributed by atoms with Crippen LogP contribution >= 0.6 is 11.8 Å². The predicted molar refractivity (Wildman–Crippen MR) is 105 cm³/mol. The van der Waals surface area contributed by atoms with Crippen molar-refractivity contribution >= 4 is 49.2 Å². The average Bonchev–Trinajstić information content (AvgIpc) is 2.98. The third-order valence-corrected chi connectivity index (χ3v) is 7.27. The van der Waals surface area contributed by atoms with Gasteiger partial charge in [0.1, 0.15) is 5.03 Å². The quantitative estimate of drug-likeness (QED) is 0.551. The van der Waals surface area contributed by atoms with Gasteiger partial charge in [0.25, 0.3) is 0 Å². The van der Waals surface area contributed by atoms with Gasteiger partial charge in [0.2, 0.25) is 5.91 Å². The van der Waals surface area contributed by atoms with Crippen molar-refractivity contribution in [3.63, 3.8) is 0 Å². The molecule has 7 heteroatoms. The molecule has 0 bridgehead atoms. The standard InChI is InChI=1S/C19H18N2O3S2/c22-18(20-13-9-10-26(23,24)12-13)11-25-19-16-7-2-1-5-14(16)15-6-3-4-8-17(15)21-19/h1-8,13H,9-12H2,(H,20,22)/t13-/m1/s1. The van der Waals surface area contributed by atoms with E-state index in [-0.39, 0.29) is 29.2 Å². The number of benzene rings is 2. The van der Waals surface area contributed by atoms with Crippen molar-refractivity contribution in [3.05, 3.63) is 48.5 Å². The largest absolute Gasteiger partial charge is 0.352 e. The molecule has 26 heavy (non-hydrogen) atoms. The minimum Gasteiger partial charge on any atom is -0.352 e. The first-order valence-corrected chi connectivity index (χ1v) is 11.2.